The van der Waals surface area contributed by atoms with Crippen molar-refractivity contribution in [1.29, 1.82) is 0 Å². The largest absolute Gasteiger partial charge is 0.508 e. The van der Waals surface area contributed by atoms with Crippen molar-refractivity contribution in [1.82, 2.24) is 0 Å². The van der Waals surface area contributed by atoms with Gasteiger partial charge in [-0.3, -0.25) is 0 Å². The Hall–Kier alpha value is -3.09. The summed E-state index contributed by atoms with van der Waals surface area (Å²) in [6.07, 6.45) is -7.38. The monoisotopic (exact) mass is 466 g/mol. The van der Waals surface area contributed by atoms with E-state index in [1.165, 1.54) is 32.4 Å². The zero-order valence-electron chi connectivity index (χ0n) is 18.0. The van der Waals surface area contributed by atoms with Crippen molar-refractivity contribution in [3.05, 3.63) is 47.5 Å². The molecule has 0 spiro atoms. The molecule has 2 aromatic rings. The lowest BCUT2D eigenvalue weighted by molar-refractivity contribution is -0.280. The molecular formula is C22H26O11. The van der Waals surface area contributed by atoms with Gasteiger partial charge >= 0.3 is 5.97 Å². The minimum Gasteiger partial charge on any atom is -0.508 e. The van der Waals surface area contributed by atoms with Crippen LogP contribution in [0.1, 0.15) is 15.9 Å². The lowest BCUT2D eigenvalue weighted by atomic mass is 9.99. The van der Waals surface area contributed by atoms with Crippen molar-refractivity contribution < 1.29 is 54.0 Å². The average Bonchev–Trinajstić information content (AvgIpc) is 2.82. The molecule has 0 amide bonds. The zero-order chi connectivity index (χ0) is 24.1. The average molecular weight is 466 g/mol. The molecule has 0 aliphatic carbocycles. The number of carbonyl (C=O) groups is 1. The predicted octanol–water partition coefficient (Wildman–Crippen LogP) is -0.0549. The highest BCUT2D eigenvalue weighted by Crippen LogP contribution is 2.32. The van der Waals surface area contributed by atoms with Gasteiger partial charge in [0.2, 0.25) is 0 Å². The smallest absolute Gasteiger partial charge is 0.346 e. The van der Waals surface area contributed by atoms with Crippen LogP contribution >= 0.6 is 0 Å². The van der Waals surface area contributed by atoms with E-state index in [9.17, 15) is 30.3 Å². The van der Waals surface area contributed by atoms with Crippen LogP contribution in [-0.2, 0) is 16.1 Å². The molecule has 11 nitrogen and oxygen atoms in total. The standard InChI is InChI=1S/C22H26O11/c1-29-14-4-3-5-15(30-2)17(14)21(27)31-10-11-8-12(24)6-7-13(11)32-20-19(26)18(25)16(9-23)33-22(20)28/h3-8,16,18-20,22-26,28H,9-10H2,1-2H3/t16-,18-,19+,20-,22-/m1/s1. The Morgan fingerprint density at radius 2 is 1.67 bits per heavy atom. The van der Waals surface area contributed by atoms with Gasteiger partial charge in [-0.2, -0.15) is 0 Å². The van der Waals surface area contributed by atoms with E-state index >= 15 is 0 Å². The van der Waals surface area contributed by atoms with Gasteiger partial charge in [-0.15, -0.1) is 0 Å². The number of aliphatic hydroxyl groups is 4. The molecule has 0 radical (unpaired) electrons. The van der Waals surface area contributed by atoms with Gasteiger partial charge in [0.05, 0.1) is 20.8 Å². The first-order valence-corrected chi connectivity index (χ1v) is 9.97. The van der Waals surface area contributed by atoms with Crippen LogP contribution in [0, 0.1) is 0 Å². The van der Waals surface area contributed by atoms with E-state index in [1.807, 2.05) is 0 Å². The van der Waals surface area contributed by atoms with Crippen molar-refractivity contribution in [2.45, 2.75) is 37.3 Å². The molecule has 3 rings (SSSR count). The third-order valence-corrected chi connectivity index (χ3v) is 5.14. The Morgan fingerprint density at radius 3 is 2.27 bits per heavy atom. The van der Waals surface area contributed by atoms with Gasteiger partial charge in [-0.25, -0.2) is 4.79 Å². The van der Waals surface area contributed by atoms with Crippen LogP contribution in [0.4, 0.5) is 0 Å². The quantitative estimate of drug-likeness (QED) is 0.331. The van der Waals surface area contributed by atoms with Crippen molar-refractivity contribution in [3.63, 3.8) is 0 Å². The highest BCUT2D eigenvalue weighted by atomic mass is 16.7. The van der Waals surface area contributed by atoms with Crippen molar-refractivity contribution >= 4 is 5.97 Å². The molecule has 1 heterocycles. The molecule has 5 atom stereocenters. The second-order valence-corrected chi connectivity index (χ2v) is 7.22. The Bertz CT molecular complexity index is 941. The summed E-state index contributed by atoms with van der Waals surface area (Å²) in [5, 5.41) is 49.6. The molecule has 5 N–H and O–H groups in total. The number of methoxy groups -OCH3 is 2. The number of esters is 1. The van der Waals surface area contributed by atoms with Crippen LogP contribution in [-0.4, -0.2) is 83.0 Å². The lowest BCUT2D eigenvalue weighted by Gasteiger charge is -2.40. The number of phenols is 1. The van der Waals surface area contributed by atoms with Crippen LogP contribution in [0.3, 0.4) is 0 Å². The predicted molar refractivity (Wildman–Crippen MR) is 111 cm³/mol. The van der Waals surface area contributed by atoms with Crippen molar-refractivity contribution in [3.8, 4) is 23.0 Å². The number of rotatable bonds is 8. The third-order valence-electron chi connectivity index (χ3n) is 5.14. The summed E-state index contributed by atoms with van der Waals surface area (Å²) in [6.45, 7) is -0.972. The molecule has 0 aromatic heterocycles. The van der Waals surface area contributed by atoms with Crippen molar-refractivity contribution in [2.75, 3.05) is 20.8 Å². The van der Waals surface area contributed by atoms with E-state index in [2.05, 4.69) is 0 Å². The number of hydrogen-bond donors (Lipinski definition) is 5. The Kier molecular flexibility index (Phi) is 7.95. The fraction of sp³-hybridized carbons (Fsp3) is 0.409. The molecule has 1 fully saturated rings. The maximum Gasteiger partial charge on any atom is 0.346 e. The molecule has 33 heavy (non-hydrogen) atoms. The summed E-state index contributed by atoms with van der Waals surface area (Å²) in [4.78, 5) is 12.7. The number of carbonyl (C=O) groups excluding carboxylic acids is 1. The molecule has 180 valence electrons. The van der Waals surface area contributed by atoms with Gasteiger partial charge < -0.3 is 49.2 Å². The summed E-state index contributed by atoms with van der Waals surface area (Å²) in [5.41, 5.74) is 0.269. The first kappa shape index (κ1) is 24.6. The van der Waals surface area contributed by atoms with Crippen LogP contribution in [0.25, 0.3) is 0 Å². The van der Waals surface area contributed by atoms with Gasteiger partial charge in [0.15, 0.2) is 12.4 Å². The van der Waals surface area contributed by atoms with Gasteiger partial charge in [0.1, 0.15) is 53.5 Å². The van der Waals surface area contributed by atoms with Crippen LogP contribution in [0.5, 0.6) is 23.0 Å². The minimum atomic E-state index is -1.66. The molecule has 2 aromatic carbocycles. The number of benzene rings is 2. The van der Waals surface area contributed by atoms with Crippen LogP contribution < -0.4 is 14.2 Å². The molecule has 0 bridgehead atoms. The Balaban J connectivity index is 1.80. The SMILES string of the molecule is COc1cccc(OC)c1C(=O)OCc1cc(O)ccc1O[C@@H]1[C@@H](O)[C@H](O)[C@@H](CO)O[C@H]1O. The maximum atomic E-state index is 12.7. The second kappa shape index (κ2) is 10.7. The van der Waals surface area contributed by atoms with Gasteiger partial charge in [0, 0.05) is 5.56 Å². The number of aromatic hydroxyl groups is 1. The number of hydrogen-bond acceptors (Lipinski definition) is 11. The van der Waals surface area contributed by atoms with Gasteiger partial charge in [-0.05, 0) is 30.3 Å². The van der Waals surface area contributed by atoms with Crippen LogP contribution in [0.15, 0.2) is 36.4 Å². The normalized spacial score (nSPS) is 24.7. The van der Waals surface area contributed by atoms with E-state index in [4.69, 9.17) is 23.7 Å². The third kappa shape index (κ3) is 5.29. The van der Waals surface area contributed by atoms with Crippen molar-refractivity contribution in [2.24, 2.45) is 0 Å². The Morgan fingerprint density at radius 1 is 1.00 bits per heavy atom. The summed E-state index contributed by atoms with van der Waals surface area (Å²) >= 11 is 0. The first-order chi connectivity index (χ1) is 15.8. The molecule has 11 heteroatoms. The number of ether oxygens (including phenoxy) is 5. The Labute approximate surface area is 189 Å². The molecule has 1 saturated heterocycles. The summed E-state index contributed by atoms with van der Waals surface area (Å²) in [5.74, 6) is -0.381. The maximum absolute atomic E-state index is 12.7. The molecule has 1 aliphatic heterocycles. The summed E-state index contributed by atoms with van der Waals surface area (Å²) in [6, 6.07) is 8.69. The fourth-order valence-electron chi connectivity index (χ4n) is 3.41. The van der Waals surface area contributed by atoms with Gasteiger partial charge in [-0.1, -0.05) is 6.07 Å². The molecule has 0 saturated carbocycles. The number of phenolic OH excluding ortho intramolecular Hbond substituents is 1. The summed E-state index contributed by atoms with van der Waals surface area (Å²) in [7, 11) is 2.79. The van der Waals surface area contributed by atoms with E-state index < -0.39 is 43.3 Å². The zero-order valence-corrected chi connectivity index (χ0v) is 18.0. The summed E-state index contributed by atoms with van der Waals surface area (Å²) < 4.78 is 26.5. The van der Waals surface area contributed by atoms with Crippen LogP contribution in [0.2, 0.25) is 0 Å². The second-order valence-electron chi connectivity index (χ2n) is 7.22. The minimum absolute atomic E-state index is 0.0499. The lowest BCUT2D eigenvalue weighted by Crippen LogP contribution is -2.60. The van der Waals surface area contributed by atoms with E-state index in [1.54, 1.807) is 18.2 Å². The fourth-order valence-corrected chi connectivity index (χ4v) is 3.41. The first-order valence-electron chi connectivity index (χ1n) is 9.97. The highest BCUT2D eigenvalue weighted by molar-refractivity contribution is 5.95. The van der Waals surface area contributed by atoms with E-state index in [0.717, 1.165) is 0 Å². The molecular weight excluding hydrogens is 440 g/mol. The van der Waals surface area contributed by atoms with E-state index in [0.29, 0.717) is 0 Å². The van der Waals surface area contributed by atoms with Gasteiger partial charge in [0.25, 0.3) is 0 Å². The topological polar surface area (TPSA) is 164 Å². The molecule has 0 unspecified atom stereocenters. The van der Waals surface area contributed by atoms with E-state index in [-0.39, 0.29) is 40.7 Å². The highest BCUT2D eigenvalue weighted by Gasteiger charge is 2.45. The number of aliphatic hydroxyl groups excluding tert-OH is 4. The molecule has 1 aliphatic rings.